The van der Waals surface area contributed by atoms with Crippen LogP contribution in [0.1, 0.15) is 17.5 Å². The molecule has 0 atom stereocenters. The van der Waals surface area contributed by atoms with Crippen LogP contribution in [0.2, 0.25) is 0 Å². The van der Waals surface area contributed by atoms with Crippen molar-refractivity contribution >= 4 is 17.3 Å². The predicted molar refractivity (Wildman–Crippen MR) is 79.3 cm³/mol. The van der Waals surface area contributed by atoms with Crippen molar-refractivity contribution in [3.05, 3.63) is 52.5 Å². The maximum atomic E-state index is 11.7. The zero-order chi connectivity index (χ0) is 14.2. The minimum atomic E-state index is -0.194. The molecular weight excluding hydrogens is 272 g/mol. The van der Waals surface area contributed by atoms with Crippen LogP contribution in [0, 0.1) is 0 Å². The largest absolute Gasteiger partial charge is 0.465 e. The average molecular weight is 290 g/mol. The number of thiazole rings is 1. The van der Waals surface area contributed by atoms with Crippen molar-refractivity contribution in [2.45, 2.75) is 20.0 Å². The summed E-state index contributed by atoms with van der Waals surface area (Å²) in [5.41, 5.74) is 1.17. The number of rotatable bonds is 7. The second-order valence-electron chi connectivity index (χ2n) is 4.36. The molecule has 0 bridgehead atoms. The Morgan fingerprint density at radius 2 is 2.10 bits per heavy atom. The molecule has 2 aromatic rings. The molecule has 0 unspecified atom stereocenters. The highest BCUT2D eigenvalue weighted by Crippen LogP contribution is 2.12. The van der Waals surface area contributed by atoms with Gasteiger partial charge in [-0.15, -0.1) is 11.3 Å². The maximum absolute atomic E-state index is 11.7. The molecule has 0 aliphatic heterocycles. The first-order chi connectivity index (χ1) is 9.78. The first-order valence-electron chi connectivity index (χ1n) is 6.58. The van der Waals surface area contributed by atoms with Crippen LogP contribution in [0.4, 0.5) is 0 Å². The van der Waals surface area contributed by atoms with E-state index in [4.69, 9.17) is 4.74 Å². The summed E-state index contributed by atoms with van der Waals surface area (Å²) < 4.78 is 5.03. The summed E-state index contributed by atoms with van der Waals surface area (Å²) in [6.45, 7) is 3.88. The summed E-state index contributed by atoms with van der Waals surface area (Å²) in [6, 6.07) is 10.1. The van der Waals surface area contributed by atoms with Gasteiger partial charge in [0.25, 0.3) is 0 Å². The smallest absolute Gasteiger partial charge is 0.320 e. The minimum Gasteiger partial charge on any atom is -0.465 e. The molecule has 5 heteroatoms. The first kappa shape index (κ1) is 14.7. The van der Waals surface area contributed by atoms with E-state index in [1.807, 2.05) is 35.4 Å². The van der Waals surface area contributed by atoms with Crippen LogP contribution in [0.15, 0.2) is 41.9 Å². The third kappa shape index (κ3) is 4.75. The van der Waals surface area contributed by atoms with Crippen molar-refractivity contribution in [1.29, 1.82) is 0 Å². The van der Waals surface area contributed by atoms with Crippen LogP contribution in [0.3, 0.4) is 0 Å². The zero-order valence-electron chi connectivity index (χ0n) is 11.5. The second kappa shape index (κ2) is 7.77. The van der Waals surface area contributed by atoms with Gasteiger partial charge in [-0.3, -0.25) is 9.69 Å². The number of hydrogen-bond donors (Lipinski definition) is 0. The van der Waals surface area contributed by atoms with Gasteiger partial charge in [0.05, 0.1) is 19.7 Å². The predicted octanol–water partition coefficient (Wildman–Crippen LogP) is 2.71. The first-order valence-corrected chi connectivity index (χ1v) is 7.46. The molecule has 106 valence electrons. The highest BCUT2D eigenvalue weighted by atomic mass is 32.1. The number of carbonyl (C=O) groups excluding carboxylic acids is 1. The van der Waals surface area contributed by atoms with Gasteiger partial charge >= 0.3 is 5.97 Å². The number of aromatic nitrogens is 1. The summed E-state index contributed by atoms with van der Waals surface area (Å²) in [6.07, 6.45) is 1.78. The van der Waals surface area contributed by atoms with E-state index in [-0.39, 0.29) is 12.5 Å². The molecule has 0 spiro atoms. The third-order valence-corrected chi connectivity index (χ3v) is 3.51. The van der Waals surface area contributed by atoms with Crippen molar-refractivity contribution in [3.8, 4) is 0 Å². The fourth-order valence-electron chi connectivity index (χ4n) is 1.92. The molecule has 0 radical (unpaired) electrons. The summed E-state index contributed by atoms with van der Waals surface area (Å²) in [7, 11) is 0. The number of hydrogen-bond acceptors (Lipinski definition) is 5. The van der Waals surface area contributed by atoms with Crippen LogP contribution in [0.25, 0.3) is 0 Å². The Labute approximate surface area is 123 Å². The highest BCUT2D eigenvalue weighted by molar-refractivity contribution is 7.09. The van der Waals surface area contributed by atoms with Gasteiger partial charge in [0.1, 0.15) is 5.01 Å². The van der Waals surface area contributed by atoms with E-state index in [0.29, 0.717) is 19.7 Å². The molecular formula is C15H18N2O2S. The van der Waals surface area contributed by atoms with Gasteiger partial charge in [0.15, 0.2) is 0 Å². The Bertz CT molecular complexity index is 514. The Hall–Kier alpha value is -1.72. The number of ether oxygens (including phenoxy) is 1. The molecule has 0 N–H and O–H groups in total. The Morgan fingerprint density at radius 1 is 1.30 bits per heavy atom. The monoisotopic (exact) mass is 290 g/mol. The van der Waals surface area contributed by atoms with E-state index in [1.54, 1.807) is 17.5 Å². The van der Waals surface area contributed by atoms with Gasteiger partial charge in [0, 0.05) is 18.1 Å². The lowest BCUT2D eigenvalue weighted by Crippen LogP contribution is -2.30. The summed E-state index contributed by atoms with van der Waals surface area (Å²) in [4.78, 5) is 18.0. The van der Waals surface area contributed by atoms with E-state index in [1.165, 1.54) is 5.56 Å². The molecule has 0 saturated heterocycles. The maximum Gasteiger partial charge on any atom is 0.320 e. The molecule has 1 aromatic carbocycles. The van der Waals surface area contributed by atoms with Crippen molar-refractivity contribution in [2.24, 2.45) is 0 Å². The lowest BCUT2D eigenvalue weighted by molar-refractivity contribution is -0.144. The molecule has 1 aromatic heterocycles. The van der Waals surface area contributed by atoms with Crippen LogP contribution >= 0.6 is 11.3 Å². The van der Waals surface area contributed by atoms with Crippen LogP contribution in [-0.2, 0) is 22.6 Å². The molecule has 0 saturated carbocycles. The Kier molecular flexibility index (Phi) is 5.70. The number of benzene rings is 1. The zero-order valence-corrected chi connectivity index (χ0v) is 12.3. The van der Waals surface area contributed by atoms with Gasteiger partial charge < -0.3 is 4.74 Å². The van der Waals surface area contributed by atoms with Crippen LogP contribution in [-0.4, -0.2) is 29.0 Å². The Morgan fingerprint density at radius 3 is 2.75 bits per heavy atom. The fourth-order valence-corrected chi connectivity index (χ4v) is 2.58. The summed E-state index contributed by atoms with van der Waals surface area (Å²) in [5.74, 6) is -0.194. The van der Waals surface area contributed by atoms with E-state index < -0.39 is 0 Å². The molecule has 0 fully saturated rings. The van der Waals surface area contributed by atoms with Crippen molar-refractivity contribution < 1.29 is 9.53 Å². The van der Waals surface area contributed by atoms with Crippen LogP contribution < -0.4 is 0 Å². The van der Waals surface area contributed by atoms with E-state index >= 15 is 0 Å². The van der Waals surface area contributed by atoms with E-state index in [2.05, 4.69) is 17.1 Å². The molecule has 20 heavy (non-hydrogen) atoms. The molecule has 1 heterocycles. The Balaban J connectivity index is 2.01. The number of nitrogens with zero attached hydrogens (tertiary/aromatic N) is 2. The summed E-state index contributed by atoms with van der Waals surface area (Å²) in [5, 5.41) is 2.95. The van der Waals surface area contributed by atoms with Crippen molar-refractivity contribution in [1.82, 2.24) is 9.88 Å². The third-order valence-electron chi connectivity index (χ3n) is 2.75. The standard InChI is InChI=1S/C15H18N2O2S/c1-2-19-15(18)12-17(11-14-16-8-9-20-14)10-13-6-4-3-5-7-13/h3-9H,2,10-12H2,1H3. The lowest BCUT2D eigenvalue weighted by atomic mass is 10.2. The van der Waals surface area contributed by atoms with E-state index in [0.717, 1.165) is 5.01 Å². The highest BCUT2D eigenvalue weighted by Gasteiger charge is 2.13. The SMILES string of the molecule is CCOC(=O)CN(Cc1ccccc1)Cc1nccs1. The topological polar surface area (TPSA) is 42.4 Å². The van der Waals surface area contributed by atoms with Crippen molar-refractivity contribution in [3.63, 3.8) is 0 Å². The number of esters is 1. The molecule has 0 aliphatic carbocycles. The van der Waals surface area contributed by atoms with E-state index in [9.17, 15) is 4.79 Å². The average Bonchev–Trinajstić information content (AvgIpc) is 2.93. The lowest BCUT2D eigenvalue weighted by Gasteiger charge is -2.20. The molecule has 4 nitrogen and oxygen atoms in total. The van der Waals surface area contributed by atoms with Gasteiger partial charge in [-0.2, -0.15) is 0 Å². The fraction of sp³-hybridized carbons (Fsp3) is 0.333. The van der Waals surface area contributed by atoms with Crippen molar-refractivity contribution in [2.75, 3.05) is 13.2 Å². The summed E-state index contributed by atoms with van der Waals surface area (Å²) >= 11 is 1.60. The molecule has 0 aliphatic rings. The minimum absolute atomic E-state index is 0.194. The quantitative estimate of drug-likeness (QED) is 0.735. The second-order valence-corrected chi connectivity index (χ2v) is 5.34. The van der Waals surface area contributed by atoms with Gasteiger partial charge in [-0.05, 0) is 12.5 Å². The van der Waals surface area contributed by atoms with Crippen LogP contribution in [0.5, 0.6) is 0 Å². The molecule has 0 amide bonds. The number of carbonyl (C=O) groups is 1. The van der Waals surface area contributed by atoms with Gasteiger partial charge in [-0.25, -0.2) is 4.98 Å². The van der Waals surface area contributed by atoms with Gasteiger partial charge in [-0.1, -0.05) is 30.3 Å². The van der Waals surface area contributed by atoms with Gasteiger partial charge in [0.2, 0.25) is 0 Å². The molecule has 2 rings (SSSR count). The normalized spacial score (nSPS) is 10.7.